The van der Waals surface area contributed by atoms with E-state index in [-0.39, 0.29) is 18.6 Å². The fourth-order valence-corrected chi connectivity index (χ4v) is 3.38. The molecular weight excluding hydrogens is 356 g/mol. The van der Waals surface area contributed by atoms with Gasteiger partial charge >= 0.3 is 5.97 Å². The summed E-state index contributed by atoms with van der Waals surface area (Å²) >= 11 is 0. The van der Waals surface area contributed by atoms with Crippen molar-refractivity contribution in [2.24, 2.45) is 0 Å². The molecule has 1 aliphatic heterocycles. The van der Waals surface area contributed by atoms with Crippen LogP contribution in [-0.4, -0.2) is 49.7 Å². The zero-order valence-electron chi connectivity index (χ0n) is 16.1. The Balaban J connectivity index is 1.67. The number of rotatable bonds is 8. The first-order valence-electron chi connectivity index (χ1n) is 9.51. The number of methoxy groups -OCH3 is 1. The minimum Gasteiger partial charge on any atom is -0.465 e. The molecule has 148 valence electrons. The van der Waals surface area contributed by atoms with Gasteiger partial charge < -0.3 is 14.8 Å². The van der Waals surface area contributed by atoms with Gasteiger partial charge in [-0.25, -0.2) is 4.79 Å². The third-order valence-corrected chi connectivity index (χ3v) is 4.71. The minimum absolute atomic E-state index is 0.152. The van der Waals surface area contributed by atoms with Gasteiger partial charge in [0.15, 0.2) is 0 Å². The topological polar surface area (TPSA) is 67.9 Å². The number of nitrogens with zero attached hydrogens (tertiary/aromatic N) is 1. The molecule has 0 spiro atoms. The third kappa shape index (κ3) is 5.65. The molecule has 1 amide bonds. The van der Waals surface area contributed by atoms with Crippen LogP contribution in [0, 0.1) is 0 Å². The highest BCUT2D eigenvalue weighted by Crippen LogP contribution is 2.18. The van der Waals surface area contributed by atoms with Crippen molar-refractivity contribution in [3.63, 3.8) is 0 Å². The van der Waals surface area contributed by atoms with Crippen LogP contribution in [0.25, 0.3) is 0 Å². The van der Waals surface area contributed by atoms with Gasteiger partial charge in [0.05, 0.1) is 31.0 Å². The van der Waals surface area contributed by atoms with E-state index in [1.165, 1.54) is 7.11 Å². The molecule has 1 atom stereocenters. The predicted molar refractivity (Wildman–Crippen MR) is 107 cm³/mol. The normalized spacial score (nSPS) is 16.1. The first-order chi connectivity index (χ1) is 13.7. The first-order valence-corrected chi connectivity index (χ1v) is 9.51. The van der Waals surface area contributed by atoms with Gasteiger partial charge in [-0.3, -0.25) is 9.69 Å². The summed E-state index contributed by atoms with van der Waals surface area (Å²) in [5.41, 5.74) is 1.94. The van der Waals surface area contributed by atoms with Crippen LogP contribution in [-0.2, 0) is 20.8 Å². The minimum atomic E-state index is -0.476. The number of carbonyl (C=O) groups is 2. The second-order valence-electron chi connectivity index (χ2n) is 6.88. The Morgan fingerprint density at radius 2 is 1.89 bits per heavy atom. The molecule has 0 aliphatic carbocycles. The van der Waals surface area contributed by atoms with Crippen molar-refractivity contribution in [1.29, 1.82) is 0 Å². The maximum absolute atomic E-state index is 12.7. The van der Waals surface area contributed by atoms with Crippen LogP contribution >= 0.6 is 0 Å². The highest BCUT2D eigenvalue weighted by Gasteiger charge is 2.22. The molecule has 0 aromatic heterocycles. The molecule has 0 radical (unpaired) electrons. The molecule has 1 heterocycles. The average Bonchev–Trinajstić information content (AvgIpc) is 3.21. The SMILES string of the molecule is COC(=O)c1ccccc1NC(=O)CN(Cc1ccccc1)CC1CCCO1. The lowest BCUT2D eigenvalue weighted by Gasteiger charge is -2.25. The van der Waals surface area contributed by atoms with Crippen molar-refractivity contribution >= 4 is 17.6 Å². The van der Waals surface area contributed by atoms with Crippen LogP contribution in [0.15, 0.2) is 54.6 Å². The average molecular weight is 382 g/mol. The Labute approximate surface area is 165 Å². The van der Waals surface area contributed by atoms with Gasteiger partial charge in [-0.1, -0.05) is 42.5 Å². The fourth-order valence-electron chi connectivity index (χ4n) is 3.38. The second-order valence-corrected chi connectivity index (χ2v) is 6.88. The summed E-state index contributed by atoms with van der Waals surface area (Å²) in [7, 11) is 1.32. The molecule has 3 rings (SSSR count). The van der Waals surface area contributed by atoms with Crippen LogP contribution in [0.4, 0.5) is 5.69 Å². The third-order valence-electron chi connectivity index (χ3n) is 4.71. The second kappa shape index (κ2) is 10.0. The maximum Gasteiger partial charge on any atom is 0.339 e. The summed E-state index contributed by atoms with van der Waals surface area (Å²) in [5.74, 6) is -0.651. The molecule has 0 saturated carbocycles. The van der Waals surface area contributed by atoms with Crippen molar-refractivity contribution in [3.8, 4) is 0 Å². The lowest BCUT2D eigenvalue weighted by atomic mass is 10.1. The molecule has 2 aromatic rings. The fraction of sp³-hybridized carbons (Fsp3) is 0.364. The Kier molecular flexibility index (Phi) is 7.17. The zero-order valence-corrected chi connectivity index (χ0v) is 16.1. The van der Waals surface area contributed by atoms with Gasteiger partial charge in [-0.15, -0.1) is 0 Å². The van der Waals surface area contributed by atoms with Gasteiger partial charge in [-0.2, -0.15) is 0 Å². The van der Waals surface area contributed by atoms with Crippen LogP contribution in [0.2, 0.25) is 0 Å². The molecule has 1 unspecified atom stereocenters. The number of hydrogen-bond donors (Lipinski definition) is 1. The van der Waals surface area contributed by atoms with E-state index in [2.05, 4.69) is 10.2 Å². The van der Waals surface area contributed by atoms with E-state index in [0.29, 0.717) is 24.3 Å². The standard InChI is InChI=1S/C22H26N2O4/c1-27-22(26)19-11-5-6-12-20(19)23-21(25)16-24(15-18-10-7-13-28-18)14-17-8-3-2-4-9-17/h2-6,8-9,11-12,18H,7,10,13-16H2,1H3,(H,23,25). The largest absolute Gasteiger partial charge is 0.465 e. The molecule has 6 nitrogen and oxygen atoms in total. The van der Waals surface area contributed by atoms with Crippen molar-refractivity contribution in [2.75, 3.05) is 32.1 Å². The summed E-state index contributed by atoms with van der Waals surface area (Å²) in [5, 5.41) is 2.84. The van der Waals surface area contributed by atoms with Gasteiger partial charge in [0.2, 0.25) is 5.91 Å². The van der Waals surface area contributed by atoms with Gasteiger partial charge in [0.1, 0.15) is 0 Å². The number of nitrogens with one attached hydrogen (secondary N) is 1. The van der Waals surface area contributed by atoms with E-state index in [4.69, 9.17) is 9.47 Å². The van der Waals surface area contributed by atoms with Crippen molar-refractivity contribution in [1.82, 2.24) is 4.90 Å². The van der Waals surface area contributed by atoms with E-state index < -0.39 is 5.97 Å². The highest BCUT2D eigenvalue weighted by molar-refractivity contribution is 6.01. The number of benzene rings is 2. The lowest BCUT2D eigenvalue weighted by Crippen LogP contribution is -2.38. The monoisotopic (exact) mass is 382 g/mol. The number of hydrogen-bond acceptors (Lipinski definition) is 5. The summed E-state index contributed by atoms with van der Waals surface area (Å²) < 4.78 is 10.5. The molecule has 1 fully saturated rings. The molecule has 1 aliphatic rings. The van der Waals surface area contributed by atoms with E-state index in [9.17, 15) is 9.59 Å². The first kappa shape index (κ1) is 20.0. The van der Waals surface area contributed by atoms with Crippen LogP contribution in [0.5, 0.6) is 0 Å². The summed E-state index contributed by atoms with van der Waals surface area (Å²) in [6, 6.07) is 16.9. The maximum atomic E-state index is 12.7. The molecule has 28 heavy (non-hydrogen) atoms. The molecule has 6 heteroatoms. The van der Waals surface area contributed by atoms with E-state index in [1.54, 1.807) is 24.3 Å². The number of esters is 1. The van der Waals surface area contributed by atoms with Crippen molar-refractivity contribution in [3.05, 3.63) is 65.7 Å². The highest BCUT2D eigenvalue weighted by atomic mass is 16.5. The van der Waals surface area contributed by atoms with Crippen LogP contribution in [0.3, 0.4) is 0 Å². The van der Waals surface area contributed by atoms with E-state index in [0.717, 1.165) is 25.0 Å². The van der Waals surface area contributed by atoms with Gasteiger partial charge in [-0.05, 0) is 30.5 Å². The van der Waals surface area contributed by atoms with Crippen LogP contribution in [0.1, 0.15) is 28.8 Å². The Morgan fingerprint density at radius 1 is 1.14 bits per heavy atom. The predicted octanol–water partition coefficient (Wildman–Crippen LogP) is 3.09. The van der Waals surface area contributed by atoms with E-state index >= 15 is 0 Å². The smallest absolute Gasteiger partial charge is 0.339 e. The number of anilines is 1. The summed E-state index contributed by atoms with van der Waals surface area (Å²) in [4.78, 5) is 26.7. The summed E-state index contributed by atoms with van der Waals surface area (Å²) in [6.07, 6.45) is 2.22. The quantitative estimate of drug-likeness (QED) is 0.711. The van der Waals surface area contributed by atoms with Crippen molar-refractivity contribution < 1.29 is 19.1 Å². The number of para-hydroxylation sites is 1. The lowest BCUT2D eigenvalue weighted by molar-refractivity contribution is -0.117. The Morgan fingerprint density at radius 3 is 2.61 bits per heavy atom. The number of ether oxygens (including phenoxy) is 2. The van der Waals surface area contributed by atoms with Crippen LogP contribution < -0.4 is 5.32 Å². The van der Waals surface area contributed by atoms with Gasteiger partial charge in [0, 0.05) is 19.7 Å². The molecule has 2 aromatic carbocycles. The molecule has 1 saturated heterocycles. The Hall–Kier alpha value is -2.70. The molecule has 0 bridgehead atoms. The summed E-state index contributed by atoms with van der Waals surface area (Å²) in [6.45, 7) is 2.35. The van der Waals surface area contributed by atoms with Gasteiger partial charge in [0.25, 0.3) is 0 Å². The molecule has 1 N–H and O–H groups in total. The zero-order chi connectivity index (χ0) is 19.8. The molecular formula is C22H26N2O4. The number of carbonyl (C=O) groups excluding carboxylic acids is 2. The van der Waals surface area contributed by atoms with Crippen molar-refractivity contribution in [2.45, 2.75) is 25.5 Å². The van der Waals surface area contributed by atoms with E-state index in [1.807, 2.05) is 30.3 Å². The number of amides is 1. The Bertz CT molecular complexity index is 788.